The maximum atomic E-state index is 12.9. The van der Waals surface area contributed by atoms with Crippen molar-refractivity contribution in [1.82, 2.24) is 10.2 Å². The number of nitrogens with one attached hydrogen (secondary N) is 1. The van der Waals surface area contributed by atoms with E-state index < -0.39 is 0 Å². The summed E-state index contributed by atoms with van der Waals surface area (Å²) in [5.74, 6) is 0.325. The Morgan fingerprint density at radius 3 is 2.71 bits per heavy atom. The van der Waals surface area contributed by atoms with Gasteiger partial charge in [-0.15, -0.1) is 0 Å². The van der Waals surface area contributed by atoms with Gasteiger partial charge in [-0.1, -0.05) is 26.7 Å². The lowest BCUT2D eigenvalue weighted by Crippen LogP contribution is -2.66. The summed E-state index contributed by atoms with van der Waals surface area (Å²) in [6.07, 6.45) is 7.49. The number of amides is 2. The molecule has 5 atom stereocenters. The number of nitrogens with zero attached hydrogens (tertiary/aromatic N) is 1. The van der Waals surface area contributed by atoms with Crippen molar-refractivity contribution >= 4 is 23.6 Å². The minimum Gasteiger partial charge on any atom is -0.342 e. The van der Waals surface area contributed by atoms with Crippen LogP contribution < -0.4 is 5.32 Å². The molecule has 0 radical (unpaired) electrons. The number of thioether (sulfide) groups is 1. The first-order chi connectivity index (χ1) is 9.99. The second-order valence-electron chi connectivity index (χ2n) is 6.47. The SMILES string of the molecule is CCC(C)C1NC(=O)C(C)N(C2CCCC(SC)C2)C1=O. The molecule has 1 saturated carbocycles. The number of hydrogen-bond acceptors (Lipinski definition) is 3. The van der Waals surface area contributed by atoms with E-state index in [-0.39, 0.29) is 35.9 Å². The van der Waals surface area contributed by atoms with E-state index in [0.29, 0.717) is 5.25 Å². The van der Waals surface area contributed by atoms with E-state index in [9.17, 15) is 9.59 Å². The molecule has 120 valence electrons. The average Bonchev–Trinajstić information content (AvgIpc) is 2.50. The smallest absolute Gasteiger partial charge is 0.246 e. The summed E-state index contributed by atoms with van der Waals surface area (Å²) in [5.41, 5.74) is 0. The van der Waals surface area contributed by atoms with Crippen molar-refractivity contribution in [3.8, 4) is 0 Å². The standard InChI is InChI=1S/C16H28N2O2S/c1-5-10(2)14-16(20)18(11(3)15(19)17-14)12-7-6-8-13(9-12)21-4/h10-14H,5-9H2,1-4H3,(H,17,19). The highest BCUT2D eigenvalue weighted by molar-refractivity contribution is 7.99. The topological polar surface area (TPSA) is 49.4 Å². The summed E-state index contributed by atoms with van der Waals surface area (Å²) in [6.45, 7) is 5.97. The van der Waals surface area contributed by atoms with Crippen LogP contribution in [-0.4, -0.2) is 46.3 Å². The third-order valence-electron chi connectivity index (χ3n) is 5.15. The molecular formula is C16H28N2O2S. The Balaban J connectivity index is 2.18. The fourth-order valence-corrected chi connectivity index (χ4v) is 4.33. The van der Waals surface area contributed by atoms with Crippen LogP contribution in [0.25, 0.3) is 0 Å². The first-order valence-corrected chi connectivity index (χ1v) is 9.43. The zero-order chi connectivity index (χ0) is 15.6. The highest BCUT2D eigenvalue weighted by atomic mass is 32.2. The molecule has 0 bridgehead atoms. The second kappa shape index (κ2) is 7.03. The largest absolute Gasteiger partial charge is 0.342 e. The number of carbonyl (C=O) groups excluding carboxylic acids is 2. The van der Waals surface area contributed by atoms with Gasteiger partial charge in [0.2, 0.25) is 11.8 Å². The third kappa shape index (κ3) is 3.38. The lowest BCUT2D eigenvalue weighted by molar-refractivity contribution is -0.153. The predicted octanol–water partition coefficient (Wildman–Crippen LogP) is 2.42. The van der Waals surface area contributed by atoms with Gasteiger partial charge in [0.05, 0.1) is 0 Å². The Morgan fingerprint density at radius 2 is 2.10 bits per heavy atom. The number of rotatable bonds is 4. The van der Waals surface area contributed by atoms with Crippen molar-refractivity contribution in [3.63, 3.8) is 0 Å². The van der Waals surface area contributed by atoms with Crippen molar-refractivity contribution in [1.29, 1.82) is 0 Å². The molecule has 0 aromatic heterocycles. The molecule has 1 heterocycles. The molecule has 2 amide bonds. The van der Waals surface area contributed by atoms with Gasteiger partial charge in [-0.2, -0.15) is 11.8 Å². The molecule has 2 rings (SSSR count). The summed E-state index contributed by atoms with van der Waals surface area (Å²) in [6, 6.07) is -0.437. The third-order valence-corrected chi connectivity index (χ3v) is 6.25. The molecule has 0 spiro atoms. The molecule has 0 aromatic carbocycles. The quantitative estimate of drug-likeness (QED) is 0.867. The molecular weight excluding hydrogens is 284 g/mol. The molecule has 4 nitrogen and oxygen atoms in total. The Morgan fingerprint density at radius 1 is 1.38 bits per heavy atom. The van der Waals surface area contributed by atoms with Crippen LogP contribution in [0, 0.1) is 5.92 Å². The van der Waals surface area contributed by atoms with Gasteiger partial charge in [-0.05, 0) is 38.4 Å². The zero-order valence-electron chi connectivity index (χ0n) is 13.6. The van der Waals surface area contributed by atoms with Gasteiger partial charge in [0.25, 0.3) is 0 Å². The fourth-order valence-electron chi connectivity index (χ4n) is 3.52. The number of hydrogen-bond donors (Lipinski definition) is 1. The number of carbonyl (C=O) groups is 2. The van der Waals surface area contributed by atoms with Crippen molar-refractivity contribution in [2.75, 3.05) is 6.26 Å². The van der Waals surface area contributed by atoms with Crippen molar-refractivity contribution < 1.29 is 9.59 Å². The van der Waals surface area contributed by atoms with Gasteiger partial charge < -0.3 is 10.2 Å². The Kier molecular flexibility index (Phi) is 5.58. The van der Waals surface area contributed by atoms with Crippen LogP contribution in [0.3, 0.4) is 0 Å². The lowest BCUT2D eigenvalue weighted by atomic mass is 9.88. The second-order valence-corrected chi connectivity index (χ2v) is 7.61. The minimum atomic E-state index is -0.339. The van der Waals surface area contributed by atoms with E-state index in [0.717, 1.165) is 25.7 Å². The van der Waals surface area contributed by atoms with Crippen LogP contribution in [0.1, 0.15) is 52.9 Å². The molecule has 2 fully saturated rings. The van der Waals surface area contributed by atoms with Gasteiger partial charge in [-0.25, -0.2) is 0 Å². The predicted molar refractivity (Wildman–Crippen MR) is 87.3 cm³/mol. The van der Waals surface area contributed by atoms with Crippen LogP contribution in [-0.2, 0) is 9.59 Å². The molecule has 1 aliphatic heterocycles. The maximum absolute atomic E-state index is 12.9. The molecule has 21 heavy (non-hydrogen) atoms. The molecule has 1 aliphatic carbocycles. The van der Waals surface area contributed by atoms with Crippen LogP contribution in [0.5, 0.6) is 0 Å². The van der Waals surface area contributed by atoms with Crippen LogP contribution in [0.4, 0.5) is 0 Å². The number of piperazine rings is 1. The monoisotopic (exact) mass is 312 g/mol. The van der Waals surface area contributed by atoms with E-state index in [1.807, 2.05) is 30.5 Å². The summed E-state index contributed by atoms with van der Waals surface area (Å²) in [5, 5.41) is 3.55. The Bertz CT molecular complexity index is 402. The van der Waals surface area contributed by atoms with Gasteiger partial charge in [0.15, 0.2) is 0 Å². The van der Waals surface area contributed by atoms with E-state index >= 15 is 0 Å². The van der Waals surface area contributed by atoms with Crippen LogP contribution in [0.15, 0.2) is 0 Å². The Labute approximate surface area is 132 Å². The van der Waals surface area contributed by atoms with Crippen molar-refractivity contribution in [3.05, 3.63) is 0 Å². The molecule has 1 saturated heterocycles. The summed E-state index contributed by atoms with van der Waals surface area (Å²) in [7, 11) is 0. The first-order valence-electron chi connectivity index (χ1n) is 8.14. The van der Waals surface area contributed by atoms with Crippen LogP contribution >= 0.6 is 11.8 Å². The molecule has 5 heteroatoms. The van der Waals surface area contributed by atoms with Gasteiger partial charge in [-0.3, -0.25) is 9.59 Å². The summed E-state index contributed by atoms with van der Waals surface area (Å²) >= 11 is 1.89. The van der Waals surface area contributed by atoms with E-state index in [1.165, 1.54) is 6.42 Å². The summed E-state index contributed by atoms with van der Waals surface area (Å²) < 4.78 is 0. The summed E-state index contributed by atoms with van der Waals surface area (Å²) in [4.78, 5) is 27.0. The van der Waals surface area contributed by atoms with Gasteiger partial charge in [0, 0.05) is 11.3 Å². The molecule has 0 aromatic rings. The minimum absolute atomic E-state index is 0.00572. The van der Waals surface area contributed by atoms with Gasteiger partial charge >= 0.3 is 0 Å². The molecule has 2 aliphatic rings. The average molecular weight is 312 g/mol. The molecule has 5 unspecified atom stereocenters. The first kappa shape index (κ1) is 16.7. The zero-order valence-corrected chi connectivity index (χ0v) is 14.4. The highest BCUT2D eigenvalue weighted by Crippen LogP contribution is 2.32. The molecule has 1 N–H and O–H groups in total. The normalized spacial score (nSPS) is 35.5. The fraction of sp³-hybridized carbons (Fsp3) is 0.875. The maximum Gasteiger partial charge on any atom is 0.246 e. The van der Waals surface area contributed by atoms with Crippen LogP contribution in [0.2, 0.25) is 0 Å². The lowest BCUT2D eigenvalue weighted by Gasteiger charge is -2.45. The van der Waals surface area contributed by atoms with Gasteiger partial charge in [0.1, 0.15) is 12.1 Å². The van der Waals surface area contributed by atoms with Crippen molar-refractivity contribution in [2.45, 2.75) is 76.3 Å². The van der Waals surface area contributed by atoms with E-state index in [1.54, 1.807) is 0 Å². The highest BCUT2D eigenvalue weighted by Gasteiger charge is 2.44. The van der Waals surface area contributed by atoms with Crippen molar-refractivity contribution in [2.24, 2.45) is 5.92 Å². The van der Waals surface area contributed by atoms with E-state index in [4.69, 9.17) is 0 Å². The Hall–Kier alpha value is -0.710. The van der Waals surface area contributed by atoms with E-state index in [2.05, 4.69) is 18.5 Å².